The van der Waals surface area contributed by atoms with Crippen LogP contribution in [0.4, 0.5) is 0 Å². The van der Waals surface area contributed by atoms with Crippen molar-refractivity contribution in [3.05, 3.63) is 29.8 Å². The fourth-order valence-electron chi connectivity index (χ4n) is 2.12. The van der Waals surface area contributed by atoms with E-state index >= 15 is 0 Å². The Hall–Kier alpha value is -1.97. The van der Waals surface area contributed by atoms with Crippen molar-refractivity contribution < 1.29 is 27.5 Å². The van der Waals surface area contributed by atoms with Crippen molar-refractivity contribution in [3.63, 3.8) is 0 Å². The van der Waals surface area contributed by atoms with Gasteiger partial charge in [-0.05, 0) is 44.0 Å². The first-order valence-corrected chi connectivity index (χ1v) is 10.1. The minimum atomic E-state index is -3.72. The number of methoxy groups -OCH3 is 1. The number of rotatable bonds is 10. The Bertz CT molecular complexity index is 731. The maximum atomic E-state index is 12.3. The first kappa shape index (κ1) is 23.1. The van der Waals surface area contributed by atoms with Crippen LogP contribution in [-0.4, -0.2) is 52.7 Å². The van der Waals surface area contributed by atoms with E-state index < -0.39 is 28.1 Å². The van der Waals surface area contributed by atoms with Gasteiger partial charge in [0.25, 0.3) is 5.91 Å². The topological polar surface area (TPSA) is 111 Å². The van der Waals surface area contributed by atoms with Crippen molar-refractivity contribution in [2.45, 2.75) is 44.7 Å². The van der Waals surface area contributed by atoms with E-state index in [1.54, 1.807) is 6.92 Å². The van der Waals surface area contributed by atoms with Crippen LogP contribution >= 0.6 is 0 Å². The van der Waals surface area contributed by atoms with E-state index in [1.807, 2.05) is 13.8 Å². The molecule has 0 spiro atoms. The van der Waals surface area contributed by atoms with Crippen LogP contribution in [-0.2, 0) is 24.3 Å². The highest BCUT2D eigenvalue weighted by Crippen LogP contribution is 2.13. The first-order valence-electron chi connectivity index (χ1n) is 8.66. The summed E-state index contributed by atoms with van der Waals surface area (Å²) in [6.07, 6.45) is -0.948. The van der Waals surface area contributed by atoms with Gasteiger partial charge < -0.3 is 14.8 Å². The molecule has 8 nitrogen and oxygen atoms in total. The standard InChI is InChI=1S/C18H28N2O6S/c1-12(2)10-19-17(21)14(4)26-18(22)15-6-8-16(9-7-15)27(23,24)20-13(3)11-25-5/h6-9,12-14,20H,10-11H2,1-5H3,(H,19,21)/t13-,14+/m1/s1. The summed E-state index contributed by atoms with van der Waals surface area (Å²) >= 11 is 0. The minimum absolute atomic E-state index is 0.0183. The predicted octanol–water partition coefficient (Wildman–Crippen LogP) is 1.32. The fourth-order valence-corrected chi connectivity index (χ4v) is 3.35. The monoisotopic (exact) mass is 400 g/mol. The number of sulfonamides is 1. The fraction of sp³-hybridized carbons (Fsp3) is 0.556. The van der Waals surface area contributed by atoms with Gasteiger partial charge in [-0.15, -0.1) is 0 Å². The van der Waals surface area contributed by atoms with E-state index in [0.717, 1.165) is 0 Å². The number of benzene rings is 1. The van der Waals surface area contributed by atoms with E-state index in [2.05, 4.69) is 10.0 Å². The van der Waals surface area contributed by atoms with Crippen molar-refractivity contribution in [2.24, 2.45) is 5.92 Å². The Balaban J connectivity index is 2.72. The SMILES string of the molecule is COC[C@@H](C)NS(=O)(=O)c1ccc(C(=O)O[C@@H](C)C(=O)NCC(C)C)cc1. The number of hydrogen-bond acceptors (Lipinski definition) is 6. The summed E-state index contributed by atoms with van der Waals surface area (Å²) in [5, 5.41) is 2.68. The molecule has 0 aliphatic carbocycles. The third kappa shape index (κ3) is 7.66. The van der Waals surface area contributed by atoms with Crippen LogP contribution in [0.2, 0.25) is 0 Å². The van der Waals surface area contributed by atoms with Crippen molar-refractivity contribution in [1.29, 1.82) is 0 Å². The summed E-state index contributed by atoms with van der Waals surface area (Å²) in [5.41, 5.74) is 0.155. The summed E-state index contributed by atoms with van der Waals surface area (Å²) in [4.78, 5) is 24.0. The van der Waals surface area contributed by atoms with E-state index in [1.165, 1.54) is 38.3 Å². The zero-order valence-electron chi connectivity index (χ0n) is 16.3. The Labute approximate surface area is 160 Å². The summed E-state index contributed by atoms with van der Waals surface area (Å²) < 4.78 is 37.0. The smallest absolute Gasteiger partial charge is 0.338 e. The van der Waals surface area contributed by atoms with Gasteiger partial charge in [-0.3, -0.25) is 4.79 Å². The summed E-state index contributed by atoms with van der Waals surface area (Å²) in [6.45, 7) is 7.79. The third-order valence-corrected chi connectivity index (χ3v) is 5.12. The highest BCUT2D eigenvalue weighted by Gasteiger charge is 2.21. The molecule has 0 saturated carbocycles. The van der Waals surface area contributed by atoms with Gasteiger partial charge in [0.1, 0.15) is 0 Å². The lowest BCUT2D eigenvalue weighted by Crippen LogP contribution is -2.37. The predicted molar refractivity (Wildman–Crippen MR) is 101 cm³/mol. The van der Waals surface area contributed by atoms with E-state index in [0.29, 0.717) is 6.54 Å². The molecule has 1 aromatic carbocycles. The van der Waals surface area contributed by atoms with Gasteiger partial charge in [-0.25, -0.2) is 17.9 Å². The molecule has 2 atom stereocenters. The molecular formula is C18H28N2O6S. The van der Waals surface area contributed by atoms with E-state index in [4.69, 9.17) is 9.47 Å². The van der Waals surface area contributed by atoms with Gasteiger partial charge in [0.2, 0.25) is 10.0 Å². The van der Waals surface area contributed by atoms with Gasteiger partial charge in [-0.1, -0.05) is 13.8 Å². The molecule has 0 unspecified atom stereocenters. The van der Waals surface area contributed by atoms with Crippen LogP contribution in [0.1, 0.15) is 38.1 Å². The largest absolute Gasteiger partial charge is 0.449 e. The lowest BCUT2D eigenvalue weighted by atomic mass is 10.2. The molecule has 1 rings (SSSR count). The molecule has 0 saturated heterocycles. The lowest BCUT2D eigenvalue weighted by Gasteiger charge is -2.15. The van der Waals surface area contributed by atoms with Gasteiger partial charge in [0.15, 0.2) is 6.10 Å². The Morgan fingerprint density at radius 1 is 1.07 bits per heavy atom. The average molecular weight is 400 g/mol. The molecule has 0 bridgehead atoms. The van der Waals surface area contributed by atoms with Crippen LogP contribution in [0, 0.1) is 5.92 Å². The van der Waals surface area contributed by atoms with Gasteiger partial charge in [-0.2, -0.15) is 0 Å². The van der Waals surface area contributed by atoms with E-state index in [9.17, 15) is 18.0 Å². The molecule has 9 heteroatoms. The lowest BCUT2D eigenvalue weighted by molar-refractivity contribution is -0.129. The molecule has 0 radical (unpaired) electrons. The molecule has 27 heavy (non-hydrogen) atoms. The van der Waals surface area contributed by atoms with Crippen LogP contribution in [0.15, 0.2) is 29.2 Å². The normalized spacial score (nSPS) is 13.9. The molecule has 0 aliphatic rings. The molecular weight excluding hydrogens is 372 g/mol. The van der Waals surface area contributed by atoms with Crippen LogP contribution in [0.25, 0.3) is 0 Å². The van der Waals surface area contributed by atoms with Crippen LogP contribution in [0.5, 0.6) is 0 Å². The number of nitrogens with one attached hydrogen (secondary N) is 2. The summed E-state index contributed by atoms with van der Waals surface area (Å²) in [7, 11) is -2.24. The highest BCUT2D eigenvalue weighted by molar-refractivity contribution is 7.89. The van der Waals surface area contributed by atoms with Crippen LogP contribution in [0.3, 0.4) is 0 Å². The number of carbonyl (C=O) groups excluding carboxylic acids is 2. The Morgan fingerprint density at radius 3 is 2.19 bits per heavy atom. The summed E-state index contributed by atoms with van der Waals surface area (Å²) in [6, 6.07) is 4.91. The van der Waals surface area contributed by atoms with Crippen LogP contribution < -0.4 is 10.0 Å². The van der Waals surface area contributed by atoms with Gasteiger partial charge in [0.05, 0.1) is 17.1 Å². The van der Waals surface area contributed by atoms with Crippen molar-refractivity contribution in [3.8, 4) is 0 Å². The third-order valence-electron chi connectivity index (χ3n) is 3.51. The quantitative estimate of drug-likeness (QED) is 0.573. The van der Waals surface area contributed by atoms with Crippen molar-refractivity contribution in [1.82, 2.24) is 10.0 Å². The molecule has 1 aromatic rings. The average Bonchev–Trinajstić information content (AvgIpc) is 2.59. The zero-order valence-corrected chi connectivity index (χ0v) is 17.1. The molecule has 152 valence electrons. The second kappa shape index (κ2) is 10.4. The maximum Gasteiger partial charge on any atom is 0.338 e. The van der Waals surface area contributed by atoms with Gasteiger partial charge >= 0.3 is 5.97 Å². The number of ether oxygens (including phenoxy) is 2. The Kier molecular flexibility index (Phi) is 8.87. The number of amides is 1. The zero-order chi connectivity index (χ0) is 20.6. The molecule has 1 amide bonds. The van der Waals surface area contributed by atoms with E-state index in [-0.39, 0.29) is 28.9 Å². The highest BCUT2D eigenvalue weighted by atomic mass is 32.2. The second-order valence-electron chi connectivity index (χ2n) is 6.69. The molecule has 2 N–H and O–H groups in total. The van der Waals surface area contributed by atoms with Crippen molar-refractivity contribution >= 4 is 21.9 Å². The number of esters is 1. The number of carbonyl (C=O) groups is 2. The molecule has 0 aliphatic heterocycles. The molecule has 0 heterocycles. The molecule has 0 aromatic heterocycles. The summed E-state index contributed by atoms with van der Waals surface area (Å²) in [5.74, 6) is -0.800. The van der Waals surface area contributed by atoms with Gasteiger partial charge in [0, 0.05) is 19.7 Å². The molecule has 0 fully saturated rings. The first-order chi connectivity index (χ1) is 12.6. The van der Waals surface area contributed by atoms with Crippen molar-refractivity contribution in [2.75, 3.05) is 20.3 Å². The number of hydrogen-bond donors (Lipinski definition) is 2. The second-order valence-corrected chi connectivity index (χ2v) is 8.40. The maximum absolute atomic E-state index is 12.3. The minimum Gasteiger partial charge on any atom is -0.449 e. The Morgan fingerprint density at radius 2 is 1.67 bits per heavy atom.